The molecule has 70 valence electrons. The molecule has 0 saturated carbocycles. The van der Waals surface area contributed by atoms with Crippen molar-refractivity contribution in [3.8, 4) is 0 Å². The van der Waals surface area contributed by atoms with Gasteiger partial charge >= 0.3 is 0 Å². The fraction of sp³-hybridized carbons (Fsp3) is 1.00. The number of hydrogen-bond donors (Lipinski definition) is 0. The van der Waals surface area contributed by atoms with Gasteiger partial charge in [0.2, 0.25) is 0 Å². The zero-order valence-electron chi connectivity index (χ0n) is 7.44. The van der Waals surface area contributed by atoms with Crippen molar-refractivity contribution < 1.29 is 26.2 Å². The van der Waals surface area contributed by atoms with Gasteiger partial charge in [0.15, 0.2) is 0 Å². The van der Waals surface area contributed by atoms with E-state index < -0.39 is 0 Å². The molecule has 0 aliphatic heterocycles. The van der Waals surface area contributed by atoms with Crippen LogP contribution in [0.5, 0.6) is 0 Å². The molecule has 0 aliphatic carbocycles. The van der Waals surface area contributed by atoms with Crippen LogP contribution in [-0.2, 0) is 4.74 Å². The van der Waals surface area contributed by atoms with Crippen LogP contribution >= 0.6 is 15.9 Å². The summed E-state index contributed by atoms with van der Waals surface area (Å²) in [6, 6.07) is 0. The van der Waals surface area contributed by atoms with Gasteiger partial charge in [0, 0.05) is 5.33 Å². The second kappa shape index (κ2) is 7.53. The molecule has 11 heavy (non-hydrogen) atoms. The highest BCUT2D eigenvalue weighted by Gasteiger charge is 2.04. The largest absolute Gasteiger partial charge is 1.00 e. The highest BCUT2D eigenvalue weighted by molar-refractivity contribution is 9.09. The van der Waals surface area contributed by atoms with Crippen LogP contribution in [-0.4, -0.2) is 50.7 Å². The van der Waals surface area contributed by atoms with E-state index in [2.05, 4.69) is 37.1 Å². The molecule has 2 nitrogen and oxygen atoms in total. The Morgan fingerprint density at radius 1 is 1.18 bits per heavy atom. The van der Waals surface area contributed by atoms with Gasteiger partial charge in [-0.15, -0.1) is 0 Å². The first-order valence-corrected chi connectivity index (χ1v) is 4.62. The quantitative estimate of drug-likeness (QED) is 0.327. The van der Waals surface area contributed by atoms with E-state index in [0.29, 0.717) is 0 Å². The average Bonchev–Trinajstić information content (AvgIpc) is 1.78. The normalized spacial score (nSPS) is 10.9. The summed E-state index contributed by atoms with van der Waals surface area (Å²) in [7, 11) is 6.49. The predicted molar refractivity (Wildman–Crippen MR) is 47.5 cm³/mol. The predicted octanol–water partition coefficient (Wildman–Crippen LogP) is -1.89. The summed E-state index contributed by atoms with van der Waals surface area (Å²) in [5.74, 6) is 0. The van der Waals surface area contributed by atoms with Crippen molar-refractivity contribution in [3.63, 3.8) is 0 Å². The smallest absolute Gasteiger partial charge is 0.102 e. The molecule has 0 aromatic rings. The van der Waals surface area contributed by atoms with Crippen molar-refractivity contribution in [1.82, 2.24) is 0 Å². The third kappa shape index (κ3) is 13.8. The summed E-state index contributed by atoms with van der Waals surface area (Å²) in [5.41, 5.74) is 0. The summed E-state index contributed by atoms with van der Waals surface area (Å²) < 4.78 is 6.27. The fourth-order valence-corrected chi connectivity index (χ4v) is 0.724. The average molecular weight is 291 g/mol. The lowest BCUT2D eigenvalue weighted by molar-refractivity contribution is -0.870. The first-order valence-electron chi connectivity index (χ1n) is 3.50. The number of rotatable bonds is 5. The summed E-state index contributed by atoms with van der Waals surface area (Å²) in [6.45, 7) is 2.75. The Labute approximate surface area is 88.4 Å². The minimum Gasteiger partial charge on any atom is -1.00 e. The van der Waals surface area contributed by atoms with Crippen LogP contribution in [0.3, 0.4) is 0 Å². The molecule has 0 spiro atoms. The SMILES string of the molecule is C[N+](C)(C)CCOCCBr.[Br-]. The van der Waals surface area contributed by atoms with Crippen LogP contribution in [0.2, 0.25) is 0 Å². The third-order valence-electron chi connectivity index (χ3n) is 1.13. The zero-order valence-corrected chi connectivity index (χ0v) is 10.6. The maximum atomic E-state index is 5.30. The highest BCUT2D eigenvalue weighted by Crippen LogP contribution is 1.89. The first kappa shape index (κ1) is 14.4. The molecule has 0 saturated heterocycles. The number of quaternary nitrogens is 1. The van der Waals surface area contributed by atoms with Gasteiger partial charge in [-0.25, -0.2) is 0 Å². The number of alkyl halides is 1. The van der Waals surface area contributed by atoms with Gasteiger partial charge in [0.25, 0.3) is 0 Å². The minimum absolute atomic E-state index is 0. The number of hydrogen-bond acceptors (Lipinski definition) is 1. The van der Waals surface area contributed by atoms with Crippen LogP contribution in [0.15, 0.2) is 0 Å². The third-order valence-corrected chi connectivity index (χ3v) is 1.45. The molecule has 0 aromatic carbocycles. The van der Waals surface area contributed by atoms with Crippen molar-refractivity contribution in [2.45, 2.75) is 0 Å². The second-order valence-corrected chi connectivity index (χ2v) is 4.11. The van der Waals surface area contributed by atoms with Gasteiger partial charge in [-0.3, -0.25) is 0 Å². The number of likely N-dealkylation sites (N-methyl/N-ethyl adjacent to an activating group) is 1. The Morgan fingerprint density at radius 2 is 1.73 bits per heavy atom. The Hall–Kier alpha value is 0.880. The molecule has 0 bridgehead atoms. The van der Waals surface area contributed by atoms with Gasteiger partial charge < -0.3 is 26.2 Å². The molecule has 0 heterocycles. The van der Waals surface area contributed by atoms with Crippen molar-refractivity contribution >= 4 is 15.9 Å². The maximum absolute atomic E-state index is 5.30. The molecule has 0 radical (unpaired) electrons. The van der Waals surface area contributed by atoms with Crippen molar-refractivity contribution in [3.05, 3.63) is 0 Å². The molecule has 0 unspecified atom stereocenters. The molecule has 0 atom stereocenters. The van der Waals surface area contributed by atoms with Crippen LogP contribution in [0.25, 0.3) is 0 Å². The summed E-state index contributed by atoms with van der Waals surface area (Å²) in [4.78, 5) is 0. The molecule has 0 rings (SSSR count). The number of halogens is 2. The Kier molecular flexibility index (Phi) is 9.86. The molecule has 0 aliphatic rings. The lowest BCUT2D eigenvalue weighted by Crippen LogP contribution is -3.00. The molecule has 0 amide bonds. The maximum Gasteiger partial charge on any atom is 0.102 e. The van der Waals surface area contributed by atoms with Crippen molar-refractivity contribution in [2.75, 3.05) is 46.2 Å². The molecular formula is C7H17Br2NO. The van der Waals surface area contributed by atoms with Crippen LogP contribution < -0.4 is 17.0 Å². The van der Waals surface area contributed by atoms with Gasteiger partial charge in [0.05, 0.1) is 34.4 Å². The van der Waals surface area contributed by atoms with Gasteiger partial charge in [-0.2, -0.15) is 0 Å². The zero-order chi connectivity index (χ0) is 8.04. The van der Waals surface area contributed by atoms with E-state index in [1.807, 2.05) is 0 Å². The van der Waals surface area contributed by atoms with E-state index in [4.69, 9.17) is 4.74 Å². The lowest BCUT2D eigenvalue weighted by Gasteiger charge is -2.23. The molecule has 0 aromatic heterocycles. The molecular weight excluding hydrogens is 274 g/mol. The monoisotopic (exact) mass is 289 g/mol. The van der Waals surface area contributed by atoms with Crippen LogP contribution in [0.1, 0.15) is 0 Å². The lowest BCUT2D eigenvalue weighted by atomic mass is 10.5. The number of ether oxygens (including phenoxy) is 1. The van der Waals surface area contributed by atoms with Gasteiger partial charge in [-0.1, -0.05) is 15.9 Å². The standard InChI is InChI=1S/C7H17BrNO.BrH/c1-9(2,3)5-7-10-6-4-8;/h4-7H2,1-3H3;1H/q+1;/p-1. The summed E-state index contributed by atoms with van der Waals surface area (Å²) in [6.07, 6.45) is 0. The Bertz CT molecular complexity index is 83.0. The second-order valence-electron chi connectivity index (χ2n) is 3.32. The van der Waals surface area contributed by atoms with E-state index in [9.17, 15) is 0 Å². The minimum atomic E-state index is 0. The van der Waals surface area contributed by atoms with Crippen molar-refractivity contribution in [2.24, 2.45) is 0 Å². The van der Waals surface area contributed by atoms with Gasteiger partial charge in [-0.05, 0) is 0 Å². The fourth-order valence-electron chi connectivity index (χ4n) is 0.495. The number of nitrogens with zero attached hydrogens (tertiary/aromatic N) is 1. The highest BCUT2D eigenvalue weighted by atomic mass is 79.9. The van der Waals surface area contributed by atoms with E-state index >= 15 is 0 Å². The van der Waals surface area contributed by atoms with E-state index in [0.717, 1.165) is 29.6 Å². The molecule has 0 N–H and O–H groups in total. The van der Waals surface area contributed by atoms with E-state index in [1.165, 1.54) is 0 Å². The van der Waals surface area contributed by atoms with Gasteiger partial charge in [0.1, 0.15) is 6.54 Å². The molecule has 4 heteroatoms. The summed E-state index contributed by atoms with van der Waals surface area (Å²) in [5, 5.41) is 0.935. The summed E-state index contributed by atoms with van der Waals surface area (Å²) >= 11 is 3.30. The molecule has 0 fully saturated rings. The van der Waals surface area contributed by atoms with Crippen LogP contribution in [0, 0.1) is 0 Å². The van der Waals surface area contributed by atoms with E-state index in [-0.39, 0.29) is 17.0 Å². The van der Waals surface area contributed by atoms with Crippen LogP contribution in [0.4, 0.5) is 0 Å². The van der Waals surface area contributed by atoms with E-state index in [1.54, 1.807) is 0 Å². The Morgan fingerprint density at radius 3 is 2.09 bits per heavy atom. The topological polar surface area (TPSA) is 9.23 Å². The van der Waals surface area contributed by atoms with Crippen molar-refractivity contribution in [1.29, 1.82) is 0 Å². The first-order chi connectivity index (χ1) is 4.56. The Balaban J connectivity index is 0.